The number of hydrogen-bond donors (Lipinski definition) is 0. The first-order valence-electron chi connectivity index (χ1n) is 24.9. The van der Waals surface area contributed by atoms with Crippen LogP contribution < -0.4 is 0 Å². The van der Waals surface area contributed by atoms with Crippen LogP contribution in [0, 0.1) is 20.8 Å². The van der Waals surface area contributed by atoms with Crippen LogP contribution in [0.2, 0.25) is 0 Å². The van der Waals surface area contributed by atoms with Crippen LogP contribution in [0.3, 0.4) is 0 Å². The maximum absolute atomic E-state index is 4.83. The van der Waals surface area contributed by atoms with Gasteiger partial charge in [-0.15, -0.1) is 0 Å². The van der Waals surface area contributed by atoms with Crippen molar-refractivity contribution in [2.24, 2.45) is 0 Å². The number of fused-ring (bicyclic) bond motifs is 6. The zero-order chi connectivity index (χ0) is 47.5. The molecule has 4 nitrogen and oxygen atoms in total. The lowest BCUT2D eigenvalue weighted by Gasteiger charge is -2.22. The summed E-state index contributed by atoms with van der Waals surface area (Å²) in [6, 6.07) is 74.2. The fourth-order valence-electron chi connectivity index (χ4n) is 11.5. The summed E-state index contributed by atoms with van der Waals surface area (Å²) in [6.07, 6.45) is 6.16. The molecule has 0 radical (unpaired) electrons. The monoisotopic (exact) mass is 904 g/mol. The Morgan fingerprint density at radius 2 is 0.971 bits per heavy atom. The van der Waals surface area contributed by atoms with E-state index in [0.29, 0.717) is 11.8 Å². The van der Waals surface area contributed by atoms with Crippen LogP contribution in [0.15, 0.2) is 213 Å². The van der Waals surface area contributed by atoms with Crippen molar-refractivity contribution in [2.45, 2.75) is 59.3 Å². The van der Waals surface area contributed by atoms with E-state index in [1.807, 2.05) is 6.20 Å². The number of nitrogens with zero attached hydrogens (tertiary/aromatic N) is 4. The van der Waals surface area contributed by atoms with E-state index < -0.39 is 0 Å². The van der Waals surface area contributed by atoms with Crippen molar-refractivity contribution >= 4 is 43.6 Å². The molecule has 0 N–H and O–H groups in total. The highest BCUT2D eigenvalue weighted by Gasteiger charge is 2.20. The van der Waals surface area contributed by atoms with Crippen LogP contribution in [0.25, 0.3) is 94.3 Å². The maximum Gasteiger partial charge on any atom is 0.144 e. The average Bonchev–Trinajstić information content (AvgIpc) is 4.11. The highest BCUT2D eigenvalue weighted by Crippen LogP contribution is 2.40. The molecule has 2 atom stereocenters. The van der Waals surface area contributed by atoms with Gasteiger partial charge in [0.25, 0.3) is 0 Å². The van der Waals surface area contributed by atoms with Crippen molar-refractivity contribution in [2.75, 3.05) is 0 Å². The number of hydrogen-bond acceptors (Lipinski definition) is 1. The summed E-state index contributed by atoms with van der Waals surface area (Å²) in [4.78, 5) is 4.83. The standard InChI is InChI=1S/C66H56N4/c1-6-47(49-26-28-50(29-27-49)66-67-34-35-68(66)65-45(4)36-43(2)37-46(65)5)38-44(3)51-18-14-19-52(39-51)54-31-33-64-60(41-54)58-23-11-13-25-62(58)70(64)56-21-15-20-55(42-56)69-61-24-12-10-22-57(61)59-40-53(30-32-63(59)69)48-16-8-7-9-17-48/h7-37,39-42,44,47H,6,38H2,1-5H3. The molecule has 0 spiro atoms. The molecule has 0 aliphatic carbocycles. The van der Waals surface area contributed by atoms with Gasteiger partial charge in [0.1, 0.15) is 5.82 Å². The molecule has 4 heteroatoms. The van der Waals surface area contributed by atoms with Gasteiger partial charge >= 0.3 is 0 Å². The van der Waals surface area contributed by atoms with E-state index in [9.17, 15) is 0 Å². The van der Waals surface area contributed by atoms with E-state index in [-0.39, 0.29) is 0 Å². The Hall–Kier alpha value is -8.21. The van der Waals surface area contributed by atoms with Gasteiger partial charge in [0.05, 0.1) is 27.8 Å². The Morgan fingerprint density at radius 3 is 1.60 bits per heavy atom. The van der Waals surface area contributed by atoms with Crippen LogP contribution in [-0.2, 0) is 0 Å². The van der Waals surface area contributed by atoms with E-state index in [1.54, 1.807) is 0 Å². The molecule has 3 heterocycles. The van der Waals surface area contributed by atoms with Crippen molar-refractivity contribution in [3.05, 3.63) is 240 Å². The molecule has 9 aromatic carbocycles. The lowest BCUT2D eigenvalue weighted by Crippen LogP contribution is -2.05. The van der Waals surface area contributed by atoms with Crippen LogP contribution >= 0.6 is 0 Å². The Kier molecular flexibility index (Phi) is 10.9. The van der Waals surface area contributed by atoms with E-state index in [4.69, 9.17) is 4.98 Å². The molecule has 12 aromatic rings. The molecule has 0 saturated heterocycles. The topological polar surface area (TPSA) is 27.7 Å². The van der Waals surface area contributed by atoms with Crippen molar-refractivity contribution in [1.29, 1.82) is 0 Å². The molecule has 0 saturated carbocycles. The third kappa shape index (κ3) is 7.52. The number of rotatable bonds is 11. The van der Waals surface area contributed by atoms with Crippen LogP contribution in [0.1, 0.15) is 66.3 Å². The van der Waals surface area contributed by atoms with Crippen LogP contribution in [0.5, 0.6) is 0 Å². The predicted molar refractivity (Wildman–Crippen MR) is 295 cm³/mol. The Labute approximate surface area is 410 Å². The third-order valence-corrected chi connectivity index (χ3v) is 14.9. The minimum atomic E-state index is 0.384. The first-order valence-corrected chi connectivity index (χ1v) is 24.9. The second-order valence-electron chi connectivity index (χ2n) is 19.4. The fourth-order valence-corrected chi connectivity index (χ4v) is 11.5. The van der Waals surface area contributed by atoms with E-state index in [2.05, 4.69) is 255 Å². The quantitative estimate of drug-likeness (QED) is 0.127. The summed E-state index contributed by atoms with van der Waals surface area (Å²) in [5.41, 5.74) is 20.9. The van der Waals surface area contributed by atoms with E-state index in [0.717, 1.165) is 35.6 Å². The van der Waals surface area contributed by atoms with Gasteiger partial charge in [-0.05, 0) is 145 Å². The predicted octanol–water partition coefficient (Wildman–Crippen LogP) is 17.7. The second-order valence-corrected chi connectivity index (χ2v) is 19.4. The lowest BCUT2D eigenvalue weighted by atomic mass is 9.83. The fraction of sp³-hybridized carbons (Fsp3) is 0.136. The molecule has 0 aliphatic rings. The molecule has 0 aliphatic heterocycles. The van der Waals surface area contributed by atoms with Gasteiger partial charge in [0.2, 0.25) is 0 Å². The molecule has 2 unspecified atom stereocenters. The smallest absolute Gasteiger partial charge is 0.144 e. The summed E-state index contributed by atoms with van der Waals surface area (Å²) in [5, 5.41) is 5.01. The SMILES string of the molecule is CCC(CC(C)c1cccc(-c2ccc3c(c2)c2ccccc2n3-c2cccc(-n3c4ccccc4c4cc(-c5ccccc5)ccc43)c2)c1)c1ccc(-c2nccn2-c2c(C)cc(C)cc2C)cc1. The zero-order valence-corrected chi connectivity index (χ0v) is 40.6. The lowest BCUT2D eigenvalue weighted by molar-refractivity contribution is 0.544. The summed E-state index contributed by atoms with van der Waals surface area (Å²) < 4.78 is 7.11. The highest BCUT2D eigenvalue weighted by molar-refractivity contribution is 6.12. The Balaban J connectivity index is 0.838. The maximum atomic E-state index is 4.83. The van der Waals surface area contributed by atoms with Crippen molar-refractivity contribution in [3.8, 4) is 50.7 Å². The number of imidazole rings is 1. The van der Waals surface area contributed by atoms with E-state index in [1.165, 1.54) is 99.4 Å². The number of aromatic nitrogens is 4. The van der Waals surface area contributed by atoms with Crippen LogP contribution in [0.4, 0.5) is 0 Å². The zero-order valence-electron chi connectivity index (χ0n) is 40.6. The van der Waals surface area contributed by atoms with Crippen molar-refractivity contribution in [1.82, 2.24) is 18.7 Å². The second kappa shape index (κ2) is 17.7. The molecule has 0 fully saturated rings. The number of para-hydroxylation sites is 2. The van der Waals surface area contributed by atoms with Gasteiger partial charge in [-0.1, -0.05) is 165 Å². The molecular weight excluding hydrogens is 849 g/mol. The summed E-state index contributed by atoms with van der Waals surface area (Å²) in [5.74, 6) is 1.80. The molecule has 12 rings (SSSR count). The number of benzene rings is 9. The first-order chi connectivity index (χ1) is 34.3. The Morgan fingerprint density at radius 1 is 0.443 bits per heavy atom. The normalized spacial score (nSPS) is 12.6. The number of aryl methyl sites for hydroxylation is 3. The van der Waals surface area contributed by atoms with Gasteiger partial charge in [0, 0.05) is 50.9 Å². The minimum Gasteiger partial charge on any atom is -0.309 e. The van der Waals surface area contributed by atoms with Gasteiger partial charge in [-0.3, -0.25) is 4.57 Å². The Bertz CT molecular complexity index is 3880. The molecule has 340 valence electrons. The largest absolute Gasteiger partial charge is 0.309 e. The van der Waals surface area contributed by atoms with Crippen LogP contribution in [-0.4, -0.2) is 18.7 Å². The molecule has 3 aromatic heterocycles. The van der Waals surface area contributed by atoms with Crippen molar-refractivity contribution in [3.63, 3.8) is 0 Å². The first kappa shape index (κ1) is 43.1. The molecule has 0 amide bonds. The summed E-state index contributed by atoms with van der Waals surface area (Å²) in [7, 11) is 0. The molecule has 70 heavy (non-hydrogen) atoms. The average molecular weight is 905 g/mol. The molecular formula is C66H56N4. The minimum absolute atomic E-state index is 0.384. The van der Waals surface area contributed by atoms with Gasteiger partial charge < -0.3 is 9.13 Å². The van der Waals surface area contributed by atoms with Crippen molar-refractivity contribution < 1.29 is 0 Å². The molecule has 0 bridgehead atoms. The van der Waals surface area contributed by atoms with Gasteiger partial charge in [-0.2, -0.15) is 0 Å². The highest BCUT2D eigenvalue weighted by atomic mass is 15.1. The van der Waals surface area contributed by atoms with Gasteiger partial charge in [-0.25, -0.2) is 4.98 Å². The van der Waals surface area contributed by atoms with E-state index >= 15 is 0 Å². The summed E-state index contributed by atoms with van der Waals surface area (Å²) >= 11 is 0. The third-order valence-electron chi connectivity index (χ3n) is 14.9. The van der Waals surface area contributed by atoms with Gasteiger partial charge in [0.15, 0.2) is 0 Å². The summed E-state index contributed by atoms with van der Waals surface area (Å²) in [6.45, 7) is 11.3.